The molecule has 0 radical (unpaired) electrons. The maximum Gasteiger partial charge on any atom is 0.166 e. The lowest BCUT2D eigenvalue weighted by Gasteiger charge is -2.44. The van der Waals surface area contributed by atoms with E-state index in [9.17, 15) is 10.2 Å². The van der Waals surface area contributed by atoms with Gasteiger partial charge in [0.25, 0.3) is 0 Å². The van der Waals surface area contributed by atoms with Crippen molar-refractivity contribution in [3.63, 3.8) is 0 Å². The summed E-state index contributed by atoms with van der Waals surface area (Å²) in [5, 5.41) is 22.7. The minimum atomic E-state index is -1.34. The highest BCUT2D eigenvalue weighted by atomic mass is 16.7. The first-order valence-electron chi connectivity index (χ1n) is 4.96. The van der Waals surface area contributed by atoms with Crippen molar-refractivity contribution >= 4 is 0 Å². The maximum atomic E-state index is 9.90. The molecule has 2 fully saturated rings. The van der Waals surface area contributed by atoms with Gasteiger partial charge in [0.05, 0.1) is 12.7 Å². The van der Waals surface area contributed by atoms with Gasteiger partial charge in [-0.05, 0) is 12.5 Å². The van der Waals surface area contributed by atoms with Crippen LogP contribution in [0.3, 0.4) is 0 Å². The van der Waals surface area contributed by atoms with Crippen molar-refractivity contribution in [3.05, 3.63) is 10.4 Å². The number of azide groups is 1. The molecular weight excluding hydrogens is 218 g/mol. The van der Waals surface area contributed by atoms with Crippen LogP contribution in [-0.2, 0) is 14.2 Å². The number of rotatable bonds is 1. The molecule has 6 atom stereocenters. The molecule has 0 aromatic heterocycles. The molecule has 16 heavy (non-hydrogen) atoms. The van der Waals surface area contributed by atoms with Crippen molar-refractivity contribution in [1.29, 1.82) is 0 Å². The highest BCUT2D eigenvalue weighted by Gasteiger charge is 2.47. The van der Waals surface area contributed by atoms with Gasteiger partial charge in [-0.3, -0.25) is 0 Å². The van der Waals surface area contributed by atoms with Crippen LogP contribution in [0.25, 0.3) is 10.4 Å². The molecule has 0 saturated carbocycles. The van der Waals surface area contributed by atoms with Gasteiger partial charge in [0.15, 0.2) is 12.6 Å². The van der Waals surface area contributed by atoms with Crippen LogP contribution in [-0.4, -0.2) is 53.8 Å². The standard InChI is InChI=1S/C8H13N3O5/c1-3-14-2-4-7(15-3)6(12)5(10-11-9)8(13)16-4/h3-8,12-13H,2H2,1H3/t3?,4-,5+,6+,7-,8+/m1/s1. The summed E-state index contributed by atoms with van der Waals surface area (Å²) in [5.41, 5.74) is 8.32. The number of hydrogen-bond donors (Lipinski definition) is 2. The van der Waals surface area contributed by atoms with Gasteiger partial charge in [-0.1, -0.05) is 5.11 Å². The summed E-state index contributed by atoms with van der Waals surface area (Å²) in [5.74, 6) is 0. The van der Waals surface area contributed by atoms with Crippen LogP contribution >= 0.6 is 0 Å². The Balaban J connectivity index is 2.14. The van der Waals surface area contributed by atoms with Crippen LogP contribution in [0.4, 0.5) is 0 Å². The van der Waals surface area contributed by atoms with Crippen LogP contribution in [0.5, 0.6) is 0 Å². The van der Waals surface area contributed by atoms with Crippen molar-refractivity contribution in [2.45, 2.75) is 43.9 Å². The van der Waals surface area contributed by atoms with E-state index >= 15 is 0 Å². The Hall–Kier alpha value is -0.890. The first kappa shape index (κ1) is 11.6. The first-order valence-corrected chi connectivity index (χ1v) is 4.96. The molecule has 2 N–H and O–H groups in total. The molecule has 0 spiro atoms. The molecule has 90 valence electrons. The lowest BCUT2D eigenvalue weighted by molar-refractivity contribution is -0.328. The van der Waals surface area contributed by atoms with E-state index in [2.05, 4.69) is 10.0 Å². The second-order valence-electron chi connectivity index (χ2n) is 3.75. The van der Waals surface area contributed by atoms with E-state index in [4.69, 9.17) is 19.7 Å². The summed E-state index contributed by atoms with van der Waals surface area (Å²) in [6.07, 6.45) is -4.10. The molecule has 0 aromatic rings. The topological polar surface area (TPSA) is 117 Å². The number of aliphatic hydroxyl groups is 2. The molecular formula is C8H13N3O5. The number of ether oxygens (including phenoxy) is 3. The lowest BCUT2D eigenvalue weighted by atomic mass is 9.97. The fourth-order valence-electron chi connectivity index (χ4n) is 1.90. The zero-order valence-corrected chi connectivity index (χ0v) is 8.63. The normalized spacial score (nSPS) is 47.9. The van der Waals surface area contributed by atoms with E-state index in [1.54, 1.807) is 6.92 Å². The summed E-state index contributed by atoms with van der Waals surface area (Å²) in [4.78, 5) is 2.56. The van der Waals surface area contributed by atoms with Crippen molar-refractivity contribution in [2.75, 3.05) is 6.61 Å². The Bertz CT molecular complexity index is 308. The van der Waals surface area contributed by atoms with Gasteiger partial charge in [0.2, 0.25) is 0 Å². The Labute approximate surface area is 91.3 Å². The van der Waals surface area contributed by atoms with Crippen molar-refractivity contribution in [2.24, 2.45) is 5.11 Å². The van der Waals surface area contributed by atoms with Crippen LogP contribution in [0, 0.1) is 0 Å². The molecule has 0 aliphatic carbocycles. The Morgan fingerprint density at radius 1 is 1.38 bits per heavy atom. The van der Waals surface area contributed by atoms with E-state index in [1.165, 1.54) is 0 Å². The molecule has 2 aliphatic rings. The Morgan fingerprint density at radius 2 is 2.12 bits per heavy atom. The largest absolute Gasteiger partial charge is 0.390 e. The number of nitrogens with zero attached hydrogens (tertiary/aromatic N) is 3. The van der Waals surface area contributed by atoms with Crippen molar-refractivity contribution in [3.8, 4) is 0 Å². The molecule has 0 aromatic carbocycles. The average molecular weight is 231 g/mol. The fraction of sp³-hybridized carbons (Fsp3) is 1.00. The minimum absolute atomic E-state index is 0.225. The molecule has 2 heterocycles. The SMILES string of the molecule is CC1OC[C@H]2O[C@H](O)[C@@H](N=[N+]=[N-])[C@H](O)[C@@H]2O1. The van der Waals surface area contributed by atoms with E-state index in [0.29, 0.717) is 0 Å². The fourth-order valence-corrected chi connectivity index (χ4v) is 1.90. The van der Waals surface area contributed by atoms with E-state index in [1.807, 2.05) is 0 Å². The highest BCUT2D eigenvalue weighted by molar-refractivity contribution is 4.95. The van der Waals surface area contributed by atoms with E-state index < -0.39 is 36.9 Å². The van der Waals surface area contributed by atoms with Crippen molar-refractivity contribution < 1.29 is 24.4 Å². The zero-order valence-electron chi connectivity index (χ0n) is 8.63. The van der Waals surface area contributed by atoms with Crippen LogP contribution < -0.4 is 0 Å². The highest BCUT2D eigenvalue weighted by Crippen LogP contribution is 2.28. The average Bonchev–Trinajstić information content (AvgIpc) is 2.26. The predicted octanol–water partition coefficient (Wildman–Crippen LogP) is -0.495. The van der Waals surface area contributed by atoms with Gasteiger partial charge in [-0.2, -0.15) is 0 Å². The quantitative estimate of drug-likeness (QED) is 0.358. The third-order valence-electron chi connectivity index (χ3n) is 2.69. The summed E-state index contributed by atoms with van der Waals surface area (Å²) < 4.78 is 15.7. The third-order valence-corrected chi connectivity index (χ3v) is 2.69. The molecule has 2 aliphatic heterocycles. The van der Waals surface area contributed by atoms with Gasteiger partial charge in [-0.15, -0.1) is 0 Å². The van der Waals surface area contributed by atoms with Crippen LogP contribution in [0.15, 0.2) is 5.11 Å². The molecule has 2 saturated heterocycles. The van der Waals surface area contributed by atoms with Crippen molar-refractivity contribution in [1.82, 2.24) is 0 Å². The minimum Gasteiger partial charge on any atom is -0.390 e. The number of hydrogen-bond acceptors (Lipinski definition) is 6. The molecule has 8 heteroatoms. The predicted molar refractivity (Wildman–Crippen MR) is 50.1 cm³/mol. The first-order chi connectivity index (χ1) is 7.63. The van der Waals surface area contributed by atoms with Crippen LogP contribution in [0.2, 0.25) is 0 Å². The van der Waals surface area contributed by atoms with Gasteiger partial charge in [0, 0.05) is 4.91 Å². The molecule has 8 nitrogen and oxygen atoms in total. The monoisotopic (exact) mass is 231 g/mol. The van der Waals surface area contributed by atoms with E-state index in [-0.39, 0.29) is 6.61 Å². The summed E-state index contributed by atoms with van der Waals surface area (Å²) in [6, 6.07) is -1.06. The zero-order chi connectivity index (χ0) is 11.7. The van der Waals surface area contributed by atoms with E-state index in [0.717, 1.165) is 0 Å². The second kappa shape index (κ2) is 4.54. The molecule has 0 bridgehead atoms. The second-order valence-corrected chi connectivity index (χ2v) is 3.75. The number of fused-ring (bicyclic) bond motifs is 1. The smallest absolute Gasteiger partial charge is 0.166 e. The van der Waals surface area contributed by atoms with Gasteiger partial charge in [-0.25, -0.2) is 0 Å². The third kappa shape index (κ3) is 1.99. The van der Waals surface area contributed by atoms with Gasteiger partial charge < -0.3 is 24.4 Å². The van der Waals surface area contributed by atoms with Gasteiger partial charge >= 0.3 is 0 Å². The summed E-state index contributed by atoms with van der Waals surface area (Å²) >= 11 is 0. The number of aliphatic hydroxyl groups excluding tert-OH is 2. The molecule has 1 unspecified atom stereocenters. The summed E-state index contributed by atoms with van der Waals surface area (Å²) in [6.45, 7) is 1.92. The lowest BCUT2D eigenvalue weighted by Crippen LogP contribution is -2.61. The molecule has 2 rings (SSSR count). The maximum absolute atomic E-state index is 9.90. The van der Waals surface area contributed by atoms with Crippen LogP contribution in [0.1, 0.15) is 6.92 Å². The Kier molecular flexibility index (Phi) is 3.29. The van der Waals surface area contributed by atoms with Gasteiger partial charge in [0.1, 0.15) is 18.2 Å². The summed E-state index contributed by atoms with van der Waals surface area (Å²) in [7, 11) is 0. The Morgan fingerprint density at radius 3 is 2.81 bits per heavy atom. The molecule has 0 amide bonds.